The molecule has 66 valence electrons. The first-order valence-electron chi connectivity index (χ1n) is 3.79. The SMILES string of the molecule is NC(CO)c1cccc(CF)c1. The number of benzene rings is 1. The van der Waals surface area contributed by atoms with Crippen molar-refractivity contribution in [3.63, 3.8) is 0 Å². The summed E-state index contributed by atoms with van der Waals surface area (Å²) in [5, 5.41) is 8.73. The Morgan fingerprint density at radius 1 is 1.50 bits per heavy atom. The van der Waals surface area contributed by atoms with E-state index >= 15 is 0 Å². The maximum Gasteiger partial charge on any atom is 0.115 e. The molecule has 1 aromatic carbocycles. The molecule has 3 heteroatoms. The van der Waals surface area contributed by atoms with Crippen LogP contribution in [-0.2, 0) is 6.67 Å². The van der Waals surface area contributed by atoms with Gasteiger partial charge in [0.05, 0.1) is 12.6 Å². The van der Waals surface area contributed by atoms with E-state index in [0.29, 0.717) is 5.56 Å². The van der Waals surface area contributed by atoms with Crippen molar-refractivity contribution in [1.29, 1.82) is 0 Å². The highest BCUT2D eigenvalue weighted by atomic mass is 19.1. The zero-order valence-electron chi connectivity index (χ0n) is 6.70. The zero-order valence-corrected chi connectivity index (χ0v) is 6.70. The first-order valence-corrected chi connectivity index (χ1v) is 3.79. The summed E-state index contributed by atoms with van der Waals surface area (Å²) in [5.41, 5.74) is 6.91. The van der Waals surface area contributed by atoms with Gasteiger partial charge in [-0.1, -0.05) is 24.3 Å². The molecule has 0 spiro atoms. The topological polar surface area (TPSA) is 46.2 Å². The third-order valence-corrected chi connectivity index (χ3v) is 1.73. The molecule has 1 atom stereocenters. The van der Waals surface area contributed by atoms with E-state index in [1.165, 1.54) is 0 Å². The molecule has 2 nitrogen and oxygen atoms in total. The number of halogens is 1. The lowest BCUT2D eigenvalue weighted by Crippen LogP contribution is -2.14. The van der Waals surface area contributed by atoms with Gasteiger partial charge in [-0.05, 0) is 11.1 Å². The van der Waals surface area contributed by atoms with Crippen LogP contribution < -0.4 is 5.73 Å². The van der Waals surface area contributed by atoms with E-state index < -0.39 is 12.7 Å². The highest BCUT2D eigenvalue weighted by Crippen LogP contribution is 2.12. The van der Waals surface area contributed by atoms with Crippen LogP contribution in [0.25, 0.3) is 0 Å². The molecule has 0 saturated heterocycles. The van der Waals surface area contributed by atoms with Crippen LogP contribution >= 0.6 is 0 Å². The summed E-state index contributed by atoms with van der Waals surface area (Å²) in [5.74, 6) is 0. The van der Waals surface area contributed by atoms with Gasteiger partial charge < -0.3 is 10.8 Å². The average Bonchev–Trinajstić information content (AvgIpc) is 2.17. The Bertz CT molecular complexity index is 252. The predicted molar refractivity (Wildman–Crippen MR) is 45.3 cm³/mol. The molecule has 0 heterocycles. The Morgan fingerprint density at radius 3 is 2.83 bits per heavy atom. The van der Waals surface area contributed by atoms with Crippen LogP contribution in [-0.4, -0.2) is 11.7 Å². The normalized spacial score (nSPS) is 12.9. The van der Waals surface area contributed by atoms with Crippen molar-refractivity contribution in [2.75, 3.05) is 6.61 Å². The highest BCUT2D eigenvalue weighted by Gasteiger charge is 2.03. The van der Waals surface area contributed by atoms with Crippen molar-refractivity contribution in [2.45, 2.75) is 12.7 Å². The number of nitrogens with two attached hydrogens (primary N) is 1. The number of rotatable bonds is 3. The average molecular weight is 169 g/mol. The number of hydrogen-bond acceptors (Lipinski definition) is 2. The van der Waals surface area contributed by atoms with Gasteiger partial charge >= 0.3 is 0 Å². The number of aliphatic hydroxyl groups excluding tert-OH is 1. The van der Waals surface area contributed by atoms with Gasteiger partial charge in [-0.2, -0.15) is 0 Å². The summed E-state index contributed by atoms with van der Waals surface area (Å²) in [4.78, 5) is 0. The van der Waals surface area contributed by atoms with Crippen molar-refractivity contribution < 1.29 is 9.50 Å². The van der Waals surface area contributed by atoms with E-state index in [-0.39, 0.29) is 6.61 Å². The van der Waals surface area contributed by atoms with Crippen LogP contribution in [0.3, 0.4) is 0 Å². The summed E-state index contributed by atoms with van der Waals surface area (Å²) in [6, 6.07) is 6.46. The lowest BCUT2D eigenvalue weighted by Gasteiger charge is -2.08. The Kier molecular flexibility index (Phi) is 3.19. The fourth-order valence-corrected chi connectivity index (χ4v) is 1.01. The quantitative estimate of drug-likeness (QED) is 0.713. The van der Waals surface area contributed by atoms with Crippen LogP contribution in [0.1, 0.15) is 17.2 Å². The van der Waals surface area contributed by atoms with E-state index in [9.17, 15) is 4.39 Å². The largest absolute Gasteiger partial charge is 0.394 e. The maximum absolute atomic E-state index is 12.2. The van der Waals surface area contributed by atoms with Gasteiger partial charge in [-0.25, -0.2) is 4.39 Å². The third kappa shape index (κ3) is 2.03. The minimum atomic E-state index is -0.494. The van der Waals surface area contributed by atoms with Crippen molar-refractivity contribution in [1.82, 2.24) is 0 Å². The zero-order chi connectivity index (χ0) is 8.97. The molecule has 0 aromatic heterocycles. The van der Waals surface area contributed by atoms with Crippen LogP contribution in [0.4, 0.5) is 4.39 Å². The standard InChI is InChI=1S/C9H12FNO/c10-5-7-2-1-3-8(4-7)9(11)6-12/h1-4,9,12H,5-6,11H2. The smallest absolute Gasteiger partial charge is 0.115 e. The van der Waals surface area contributed by atoms with Crippen LogP contribution in [0.15, 0.2) is 24.3 Å². The number of hydrogen-bond donors (Lipinski definition) is 2. The molecular formula is C9H12FNO. The fourth-order valence-electron chi connectivity index (χ4n) is 1.01. The molecule has 0 aliphatic carbocycles. The van der Waals surface area contributed by atoms with Crippen molar-refractivity contribution in [3.8, 4) is 0 Å². The molecule has 3 N–H and O–H groups in total. The molecule has 0 aliphatic heterocycles. The highest BCUT2D eigenvalue weighted by molar-refractivity contribution is 5.25. The number of alkyl halides is 1. The molecule has 0 radical (unpaired) electrons. The monoisotopic (exact) mass is 169 g/mol. The molecular weight excluding hydrogens is 157 g/mol. The van der Waals surface area contributed by atoms with E-state index in [0.717, 1.165) is 5.56 Å². The third-order valence-electron chi connectivity index (χ3n) is 1.73. The van der Waals surface area contributed by atoms with Gasteiger partial charge in [0.1, 0.15) is 6.67 Å². The molecule has 0 bridgehead atoms. The van der Waals surface area contributed by atoms with Gasteiger partial charge in [0.15, 0.2) is 0 Å². The van der Waals surface area contributed by atoms with Gasteiger partial charge in [-0.3, -0.25) is 0 Å². The molecule has 12 heavy (non-hydrogen) atoms. The van der Waals surface area contributed by atoms with E-state index in [1.54, 1.807) is 24.3 Å². The summed E-state index contributed by atoms with van der Waals surface area (Å²) < 4.78 is 12.2. The number of aliphatic hydroxyl groups is 1. The molecule has 1 aromatic rings. The molecule has 0 fully saturated rings. The second-order valence-electron chi connectivity index (χ2n) is 2.67. The summed E-state index contributed by atoms with van der Waals surface area (Å²) in [6.45, 7) is -0.609. The molecule has 0 saturated carbocycles. The second-order valence-corrected chi connectivity index (χ2v) is 2.67. The van der Waals surface area contributed by atoms with E-state index in [2.05, 4.69) is 0 Å². The van der Waals surface area contributed by atoms with Crippen molar-refractivity contribution in [2.24, 2.45) is 5.73 Å². The summed E-state index contributed by atoms with van der Waals surface area (Å²) in [6.07, 6.45) is 0. The summed E-state index contributed by atoms with van der Waals surface area (Å²) in [7, 11) is 0. The van der Waals surface area contributed by atoms with Crippen molar-refractivity contribution in [3.05, 3.63) is 35.4 Å². The van der Waals surface area contributed by atoms with Gasteiger partial charge in [-0.15, -0.1) is 0 Å². The Hall–Kier alpha value is -0.930. The van der Waals surface area contributed by atoms with Crippen LogP contribution in [0.5, 0.6) is 0 Å². The first kappa shape index (κ1) is 9.16. The molecule has 1 unspecified atom stereocenters. The minimum Gasteiger partial charge on any atom is -0.394 e. The van der Waals surface area contributed by atoms with E-state index in [4.69, 9.17) is 10.8 Å². The maximum atomic E-state index is 12.2. The predicted octanol–water partition coefficient (Wildman–Crippen LogP) is 1.15. The Balaban J connectivity index is 2.86. The van der Waals surface area contributed by atoms with Gasteiger partial charge in [0.2, 0.25) is 0 Å². The molecule has 0 aliphatic rings. The minimum absolute atomic E-state index is 0.115. The van der Waals surface area contributed by atoms with Gasteiger partial charge in [0.25, 0.3) is 0 Å². The van der Waals surface area contributed by atoms with E-state index in [1.807, 2.05) is 0 Å². The Morgan fingerprint density at radius 2 is 2.25 bits per heavy atom. The second kappa shape index (κ2) is 4.18. The first-order chi connectivity index (χ1) is 5.77. The molecule has 0 amide bonds. The Labute approximate surface area is 70.8 Å². The fraction of sp³-hybridized carbons (Fsp3) is 0.333. The van der Waals surface area contributed by atoms with Crippen LogP contribution in [0, 0.1) is 0 Å². The lowest BCUT2D eigenvalue weighted by atomic mass is 10.1. The molecule has 1 rings (SSSR count). The summed E-state index contributed by atoms with van der Waals surface area (Å²) >= 11 is 0. The van der Waals surface area contributed by atoms with Crippen LogP contribution in [0.2, 0.25) is 0 Å². The lowest BCUT2D eigenvalue weighted by molar-refractivity contribution is 0.268. The van der Waals surface area contributed by atoms with Gasteiger partial charge in [0, 0.05) is 0 Å². The van der Waals surface area contributed by atoms with Crippen molar-refractivity contribution >= 4 is 0 Å².